The summed E-state index contributed by atoms with van der Waals surface area (Å²) >= 11 is 0. The molecule has 4 aromatic rings. The number of Topliss-reactive ketones (excluding diaryl/α,β-unsaturated/α-hetero) is 1. The number of aromatic amines is 1. The first kappa shape index (κ1) is 19.1. The van der Waals surface area contributed by atoms with E-state index in [9.17, 15) is 19.2 Å². The summed E-state index contributed by atoms with van der Waals surface area (Å²) in [5.74, 6) is -0.533. The molecule has 0 atom stereocenters. The number of nitrogens with zero attached hydrogens (tertiary/aromatic N) is 1. The van der Waals surface area contributed by atoms with Crippen LogP contribution in [0.5, 0.6) is 0 Å². The lowest BCUT2D eigenvalue weighted by atomic mass is 10.1. The number of rotatable bonds is 4. The van der Waals surface area contributed by atoms with Gasteiger partial charge in [0.25, 0.3) is 11.5 Å². The summed E-state index contributed by atoms with van der Waals surface area (Å²) in [5.41, 5.74) is 0.882. The molecule has 7 nitrogen and oxygen atoms in total. The van der Waals surface area contributed by atoms with Gasteiger partial charge in [-0.25, -0.2) is 9.36 Å². The molecule has 0 aliphatic carbocycles. The number of anilines is 1. The fourth-order valence-corrected chi connectivity index (χ4v) is 3.19. The van der Waals surface area contributed by atoms with E-state index in [-0.39, 0.29) is 22.2 Å². The normalized spacial score (nSPS) is 10.7. The first-order valence-corrected chi connectivity index (χ1v) is 9.21. The molecule has 1 aromatic heterocycles. The Bertz CT molecular complexity index is 1400. The average molecular weight is 399 g/mol. The molecule has 0 radical (unpaired) electrons. The molecule has 0 saturated carbocycles. The Balaban J connectivity index is 1.71. The van der Waals surface area contributed by atoms with Crippen molar-refractivity contribution in [3.8, 4) is 5.69 Å². The van der Waals surface area contributed by atoms with Gasteiger partial charge in [-0.05, 0) is 49.4 Å². The van der Waals surface area contributed by atoms with Crippen LogP contribution in [0.4, 0.5) is 5.69 Å². The van der Waals surface area contributed by atoms with E-state index in [2.05, 4.69) is 10.3 Å². The van der Waals surface area contributed by atoms with Gasteiger partial charge in [0.1, 0.15) is 0 Å². The summed E-state index contributed by atoms with van der Waals surface area (Å²) in [6, 6.07) is 19.7. The molecular formula is C23H17N3O4. The van der Waals surface area contributed by atoms with Crippen LogP contribution in [-0.2, 0) is 0 Å². The number of H-pyrrole nitrogens is 1. The topological polar surface area (TPSA) is 101 Å². The molecule has 148 valence electrons. The highest BCUT2D eigenvalue weighted by Crippen LogP contribution is 2.15. The largest absolute Gasteiger partial charge is 0.333 e. The molecule has 0 aliphatic heterocycles. The maximum atomic E-state index is 12.8. The number of carbonyl (C=O) groups is 2. The van der Waals surface area contributed by atoms with Gasteiger partial charge in [-0.3, -0.25) is 14.4 Å². The first-order chi connectivity index (χ1) is 14.4. The van der Waals surface area contributed by atoms with Gasteiger partial charge in [0.15, 0.2) is 5.78 Å². The lowest BCUT2D eigenvalue weighted by molar-refractivity contribution is 0.101. The van der Waals surface area contributed by atoms with Gasteiger partial charge in [0.2, 0.25) is 0 Å². The molecule has 0 spiro atoms. The van der Waals surface area contributed by atoms with Crippen molar-refractivity contribution >= 4 is 28.3 Å². The van der Waals surface area contributed by atoms with Crippen LogP contribution >= 0.6 is 0 Å². The minimum atomic E-state index is -0.592. The van der Waals surface area contributed by atoms with Crippen LogP contribution in [0.2, 0.25) is 0 Å². The molecule has 30 heavy (non-hydrogen) atoms. The Hall–Kier alpha value is -4.26. The summed E-state index contributed by atoms with van der Waals surface area (Å²) in [4.78, 5) is 52.1. The van der Waals surface area contributed by atoms with Crippen LogP contribution in [0.15, 0.2) is 82.4 Å². The second-order valence-electron chi connectivity index (χ2n) is 6.76. The summed E-state index contributed by atoms with van der Waals surface area (Å²) < 4.78 is 1.05. The fourth-order valence-electron chi connectivity index (χ4n) is 3.19. The van der Waals surface area contributed by atoms with Gasteiger partial charge in [-0.2, -0.15) is 0 Å². The van der Waals surface area contributed by atoms with Gasteiger partial charge in [0.05, 0.1) is 16.6 Å². The van der Waals surface area contributed by atoms with Gasteiger partial charge >= 0.3 is 5.69 Å². The third kappa shape index (κ3) is 3.56. The fraction of sp³-hybridized carbons (Fsp3) is 0.0435. The van der Waals surface area contributed by atoms with Gasteiger partial charge in [-0.15, -0.1) is 0 Å². The minimum Gasteiger partial charge on any atom is -0.322 e. The number of nitrogens with one attached hydrogen (secondary N) is 2. The van der Waals surface area contributed by atoms with Crippen LogP contribution in [0.3, 0.4) is 0 Å². The number of hydrogen-bond donors (Lipinski definition) is 2. The van der Waals surface area contributed by atoms with E-state index < -0.39 is 17.2 Å². The molecule has 0 aliphatic rings. The van der Waals surface area contributed by atoms with E-state index in [0.717, 1.165) is 4.57 Å². The molecule has 0 fully saturated rings. The van der Waals surface area contributed by atoms with E-state index in [4.69, 9.17) is 0 Å². The number of carbonyl (C=O) groups excluding carboxylic acids is 2. The average Bonchev–Trinajstić information content (AvgIpc) is 2.74. The van der Waals surface area contributed by atoms with Crippen LogP contribution in [0.1, 0.15) is 27.6 Å². The third-order valence-electron chi connectivity index (χ3n) is 4.70. The molecule has 1 heterocycles. The molecule has 2 N–H and O–H groups in total. The molecule has 4 rings (SSSR count). The van der Waals surface area contributed by atoms with Crippen molar-refractivity contribution in [3.63, 3.8) is 0 Å². The standard InChI is InChI=1S/C23H17N3O4/c1-14(27)15-6-5-7-17(12-15)24-21(28)16-10-11-19-20(13-16)25-23(30)26(22(19)29)18-8-3-2-4-9-18/h2-13H,1H3,(H,24,28)(H,25,30). The van der Waals surface area contributed by atoms with E-state index in [0.29, 0.717) is 16.9 Å². The Morgan fingerprint density at radius 2 is 1.63 bits per heavy atom. The van der Waals surface area contributed by atoms with Gasteiger partial charge < -0.3 is 10.3 Å². The van der Waals surface area contributed by atoms with Crippen molar-refractivity contribution in [2.45, 2.75) is 6.92 Å². The zero-order valence-electron chi connectivity index (χ0n) is 16.0. The number of aromatic nitrogens is 2. The Kier molecular flexibility index (Phi) is 4.85. The lowest BCUT2D eigenvalue weighted by Crippen LogP contribution is -2.33. The van der Waals surface area contributed by atoms with E-state index in [1.165, 1.54) is 25.1 Å². The monoisotopic (exact) mass is 399 g/mol. The van der Waals surface area contributed by atoms with Gasteiger partial charge in [-0.1, -0.05) is 30.3 Å². The summed E-state index contributed by atoms with van der Waals surface area (Å²) in [6.07, 6.45) is 0. The molecule has 1 amide bonds. The maximum Gasteiger partial charge on any atom is 0.333 e. The number of ketones is 1. The van der Waals surface area contributed by atoms with Crippen LogP contribution in [-0.4, -0.2) is 21.2 Å². The first-order valence-electron chi connectivity index (χ1n) is 9.21. The molecule has 0 bridgehead atoms. The second kappa shape index (κ2) is 7.63. The number of fused-ring (bicyclic) bond motifs is 1. The van der Waals surface area contributed by atoms with Crippen molar-refractivity contribution in [2.75, 3.05) is 5.32 Å². The minimum absolute atomic E-state index is 0.107. The molecule has 7 heteroatoms. The van der Waals surface area contributed by atoms with Crippen molar-refractivity contribution in [2.24, 2.45) is 0 Å². The smallest absolute Gasteiger partial charge is 0.322 e. The number of amides is 1. The van der Waals surface area contributed by atoms with Crippen molar-refractivity contribution in [3.05, 3.63) is 105 Å². The van der Waals surface area contributed by atoms with E-state index in [1.54, 1.807) is 54.6 Å². The highest BCUT2D eigenvalue weighted by atomic mass is 16.2. The number of para-hydroxylation sites is 1. The zero-order chi connectivity index (χ0) is 21.3. The Labute approximate surface area is 170 Å². The lowest BCUT2D eigenvalue weighted by Gasteiger charge is -2.09. The quantitative estimate of drug-likeness (QED) is 0.515. The van der Waals surface area contributed by atoms with Crippen LogP contribution in [0, 0.1) is 0 Å². The van der Waals surface area contributed by atoms with Crippen molar-refractivity contribution < 1.29 is 9.59 Å². The van der Waals surface area contributed by atoms with E-state index in [1.807, 2.05) is 0 Å². The summed E-state index contributed by atoms with van der Waals surface area (Å²) in [6.45, 7) is 1.45. The predicted molar refractivity (Wildman–Crippen MR) is 115 cm³/mol. The SMILES string of the molecule is CC(=O)c1cccc(NC(=O)c2ccc3c(=O)n(-c4ccccc4)c(=O)[nH]c3c2)c1. The second-order valence-corrected chi connectivity index (χ2v) is 6.76. The van der Waals surface area contributed by atoms with Crippen molar-refractivity contribution in [1.82, 2.24) is 9.55 Å². The number of benzene rings is 3. The van der Waals surface area contributed by atoms with Crippen molar-refractivity contribution in [1.29, 1.82) is 0 Å². The summed E-state index contributed by atoms with van der Waals surface area (Å²) in [5, 5.41) is 3.00. The van der Waals surface area contributed by atoms with Crippen LogP contribution < -0.4 is 16.6 Å². The molecule has 3 aromatic carbocycles. The van der Waals surface area contributed by atoms with E-state index >= 15 is 0 Å². The predicted octanol–water partition coefficient (Wildman–Crippen LogP) is 3.13. The maximum absolute atomic E-state index is 12.8. The zero-order valence-corrected chi connectivity index (χ0v) is 16.0. The third-order valence-corrected chi connectivity index (χ3v) is 4.70. The summed E-state index contributed by atoms with van der Waals surface area (Å²) in [7, 11) is 0. The van der Waals surface area contributed by atoms with Gasteiger partial charge in [0, 0.05) is 16.8 Å². The molecular weight excluding hydrogens is 382 g/mol. The number of hydrogen-bond acceptors (Lipinski definition) is 4. The molecule has 0 saturated heterocycles. The van der Waals surface area contributed by atoms with Crippen LogP contribution in [0.25, 0.3) is 16.6 Å². The molecule has 0 unspecified atom stereocenters. The Morgan fingerprint density at radius 3 is 2.37 bits per heavy atom. The Morgan fingerprint density at radius 1 is 0.867 bits per heavy atom. The highest BCUT2D eigenvalue weighted by molar-refractivity contribution is 6.06. The highest BCUT2D eigenvalue weighted by Gasteiger charge is 2.13.